The molecule has 0 spiro atoms. The van der Waals surface area contributed by atoms with Crippen molar-refractivity contribution >= 4 is 5.96 Å². The zero-order valence-electron chi connectivity index (χ0n) is 15.1. The van der Waals surface area contributed by atoms with Gasteiger partial charge in [0.2, 0.25) is 5.88 Å². The fourth-order valence-corrected chi connectivity index (χ4v) is 2.23. The van der Waals surface area contributed by atoms with E-state index in [2.05, 4.69) is 20.6 Å². The fourth-order valence-electron chi connectivity index (χ4n) is 2.23. The standard InChI is InChI=1S/C19H23F3N4O/c1-2-23-18(25-12-10-19(20,21)22)26-13-16-9-6-11-24-17(16)27-14-15-7-4-3-5-8-15/h3-9,11H,2,10,12-14H2,1H3,(H2,23,25,26). The summed E-state index contributed by atoms with van der Waals surface area (Å²) in [5.74, 6) is 0.774. The maximum atomic E-state index is 12.3. The Labute approximate surface area is 156 Å². The van der Waals surface area contributed by atoms with Crippen LogP contribution in [-0.4, -0.2) is 30.2 Å². The molecule has 0 aliphatic rings. The van der Waals surface area contributed by atoms with E-state index >= 15 is 0 Å². The van der Waals surface area contributed by atoms with E-state index in [1.807, 2.05) is 43.3 Å². The van der Waals surface area contributed by atoms with Crippen LogP contribution in [0.3, 0.4) is 0 Å². The summed E-state index contributed by atoms with van der Waals surface area (Å²) in [6.07, 6.45) is -3.50. The molecular weight excluding hydrogens is 357 g/mol. The summed E-state index contributed by atoms with van der Waals surface area (Å²) in [4.78, 5) is 8.56. The van der Waals surface area contributed by atoms with E-state index in [9.17, 15) is 13.2 Å². The van der Waals surface area contributed by atoms with Crippen molar-refractivity contribution < 1.29 is 17.9 Å². The average Bonchev–Trinajstić information content (AvgIpc) is 2.65. The second kappa shape index (κ2) is 10.4. The third kappa shape index (κ3) is 7.98. The number of hydrogen-bond donors (Lipinski definition) is 2. The van der Waals surface area contributed by atoms with Crippen LogP contribution in [0.25, 0.3) is 0 Å². The number of aromatic nitrogens is 1. The van der Waals surface area contributed by atoms with Crippen molar-refractivity contribution in [3.05, 3.63) is 59.8 Å². The first-order valence-electron chi connectivity index (χ1n) is 8.67. The highest BCUT2D eigenvalue weighted by Gasteiger charge is 2.26. The molecule has 1 heterocycles. The molecule has 0 amide bonds. The largest absolute Gasteiger partial charge is 0.473 e. The zero-order valence-corrected chi connectivity index (χ0v) is 15.1. The van der Waals surface area contributed by atoms with Gasteiger partial charge < -0.3 is 15.4 Å². The normalized spacial score (nSPS) is 11.9. The molecule has 2 aromatic rings. The Morgan fingerprint density at radius 3 is 2.59 bits per heavy atom. The second-order valence-corrected chi connectivity index (χ2v) is 5.73. The van der Waals surface area contributed by atoms with Gasteiger partial charge >= 0.3 is 6.18 Å². The Bertz CT molecular complexity index is 720. The molecule has 0 aliphatic heterocycles. The van der Waals surface area contributed by atoms with E-state index in [1.54, 1.807) is 12.3 Å². The summed E-state index contributed by atoms with van der Waals surface area (Å²) in [7, 11) is 0. The van der Waals surface area contributed by atoms with Gasteiger partial charge in [-0.2, -0.15) is 13.2 Å². The molecular formula is C19H23F3N4O. The third-order valence-electron chi connectivity index (χ3n) is 3.52. The quantitative estimate of drug-likeness (QED) is 0.542. The van der Waals surface area contributed by atoms with Crippen molar-refractivity contribution in [1.82, 2.24) is 15.6 Å². The second-order valence-electron chi connectivity index (χ2n) is 5.73. The van der Waals surface area contributed by atoms with Gasteiger partial charge in [-0.3, -0.25) is 0 Å². The monoisotopic (exact) mass is 380 g/mol. The van der Waals surface area contributed by atoms with Crippen LogP contribution in [0.5, 0.6) is 5.88 Å². The van der Waals surface area contributed by atoms with Gasteiger partial charge in [0.15, 0.2) is 5.96 Å². The molecule has 0 unspecified atom stereocenters. The number of pyridine rings is 1. The summed E-state index contributed by atoms with van der Waals surface area (Å²) < 4.78 is 42.7. The van der Waals surface area contributed by atoms with Crippen molar-refractivity contribution in [2.45, 2.75) is 32.7 Å². The van der Waals surface area contributed by atoms with Gasteiger partial charge in [0.05, 0.1) is 13.0 Å². The summed E-state index contributed by atoms with van der Waals surface area (Å²) >= 11 is 0. The summed E-state index contributed by atoms with van der Waals surface area (Å²) in [5.41, 5.74) is 1.77. The lowest BCUT2D eigenvalue weighted by atomic mass is 10.2. The minimum atomic E-state index is -4.20. The van der Waals surface area contributed by atoms with Gasteiger partial charge in [0.1, 0.15) is 6.61 Å². The highest BCUT2D eigenvalue weighted by atomic mass is 19.4. The molecule has 27 heavy (non-hydrogen) atoms. The van der Waals surface area contributed by atoms with Gasteiger partial charge in [-0.05, 0) is 18.6 Å². The summed E-state index contributed by atoms with van der Waals surface area (Å²) in [6, 6.07) is 13.3. The van der Waals surface area contributed by atoms with E-state index in [-0.39, 0.29) is 13.1 Å². The number of ether oxygens (including phenoxy) is 1. The van der Waals surface area contributed by atoms with Gasteiger partial charge in [0.25, 0.3) is 0 Å². The van der Waals surface area contributed by atoms with E-state index in [0.29, 0.717) is 25.0 Å². The Morgan fingerprint density at radius 1 is 1.11 bits per heavy atom. The number of guanidine groups is 1. The van der Waals surface area contributed by atoms with Crippen LogP contribution >= 0.6 is 0 Å². The first kappa shape index (κ1) is 20.5. The van der Waals surface area contributed by atoms with E-state index < -0.39 is 12.6 Å². The minimum Gasteiger partial charge on any atom is -0.473 e. The average molecular weight is 380 g/mol. The number of benzene rings is 1. The molecule has 0 saturated heterocycles. The molecule has 8 heteroatoms. The van der Waals surface area contributed by atoms with Crippen molar-refractivity contribution in [2.24, 2.45) is 4.99 Å². The number of aliphatic imine (C=N–C) groups is 1. The van der Waals surface area contributed by atoms with E-state index in [1.165, 1.54) is 0 Å². The topological polar surface area (TPSA) is 58.5 Å². The molecule has 1 aromatic carbocycles. The number of halogens is 3. The highest BCUT2D eigenvalue weighted by Crippen LogP contribution is 2.18. The predicted molar refractivity (Wildman–Crippen MR) is 98.5 cm³/mol. The Balaban J connectivity index is 1.98. The van der Waals surface area contributed by atoms with Crippen LogP contribution in [0.15, 0.2) is 53.7 Å². The number of rotatable bonds is 8. The number of nitrogens with zero attached hydrogens (tertiary/aromatic N) is 2. The van der Waals surface area contributed by atoms with Crippen molar-refractivity contribution in [2.75, 3.05) is 13.1 Å². The molecule has 5 nitrogen and oxygen atoms in total. The molecule has 0 atom stereocenters. The maximum absolute atomic E-state index is 12.3. The lowest BCUT2D eigenvalue weighted by Crippen LogP contribution is -2.38. The fraction of sp³-hybridized carbons (Fsp3) is 0.368. The van der Waals surface area contributed by atoms with Gasteiger partial charge in [0, 0.05) is 24.8 Å². The van der Waals surface area contributed by atoms with Crippen molar-refractivity contribution in [3.8, 4) is 5.88 Å². The number of alkyl halides is 3. The van der Waals surface area contributed by atoms with Crippen LogP contribution in [0.4, 0.5) is 13.2 Å². The minimum absolute atomic E-state index is 0.235. The van der Waals surface area contributed by atoms with Crippen molar-refractivity contribution in [3.63, 3.8) is 0 Å². The van der Waals surface area contributed by atoms with Gasteiger partial charge in [-0.25, -0.2) is 9.98 Å². The highest BCUT2D eigenvalue weighted by molar-refractivity contribution is 5.79. The van der Waals surface area contributed by atoms with Crippen LogP contribution < -0.4 is 15.4 Å². The molecule has 2 N–H and O–H groups in total. The zero-order chi connectivity index (χ0) is 19.5. The first-order valence-corrected chi connectivity index (χ1v) is 8.67. The Hall–Kier alpha value is -2.77. The Morgan fingerprint density at radius 2 is 1.89 bits per heavy atom. The van der Waals surface area contributed by atoms with Crippen LogP contribution in [0, 0.1) is 0 Å². The lowest BCUT2D eigenvalue weighted by Gasteiger charge is -2.13. The molecule has 2 rings (SSSR count). The Kier molecular flexibility index (Phi) is 7.91. The smallest absolute Gasteiger partial charge is 0.390 e. The SMILES string of the molecule is CCNC(=NCc1cccnc1OCc1ccccc1)NCCC(F)(F)F. The van der Waals surface area contributed by atoms with Gasteiger partial charge in [-0.1, -0.05) is 36.4 Å². The number of nitrogens with one attached hydrogen (secondary N) is 2. The van der Waals surface area contributed by atoms with E-state index in [0.717, 1.165) is 11.1 Å². The summed E-state index contributed by atoms with van der Waals surface area (Å²) in [5, 5.41) is 5.61. The molecule has 0 bridgehead atoms. The molecule has 0 radical (unpaired) electrons. The third-order valence-corrected chi connectivity index (χ3v) is 3.52. The summed E-state index contributed by atoms with van der Waals surface area (Å²) in [6.45, 7) is 2.76. The molecule has 1 aromatic heterocycles. The predicted octanol–water partition coefficient (Wildman–Crippen LogP) is 3.67. The van der Waals surface area contributed by atoms with Crippen LogP contribution in [0.2, 0.25) is 0 Å². The van der Waals surface area contributed by atoms with Crippen LogP contribution in [0.1, 0.15) is 24.5 Å². The first-order chi connectivity index (χ1) is 13.0. The van der Waals surface area contributed by atoms with Crippen LogP contribution in [-0.2, 0) is 13.2 Å². The molecule has 0 aliphatic carbocycles. The number of hydrogen-bond acceptors (Lipinski definition) is 3. The van der Waals surface area contributed by atoms with E-state index in [4.69, 9.17) is 4.74 Å². The van der Waals surface area contributed by atoms with Crippen molar-refractivity contribution in [1.29, 1.82) is 0 Å². The lowest BCUT2D eigenvalue weighted by molar-refractivity contribution is -0.132. The molecule has 0 saturated carbocycles. The maximum Gasteiger partial charge on any atom is 0.390 e. The molecule has 0 fully saturated rings. The van der Waals surface area contributed by atoms with Gasteiger partial charge in [-0.15, -0.1) is 0 Å². The molecule has 146 valence electrons.